The first kappa shape index (κ1) is 20.9. The van der Waals surface area contributed by atoms with E-state index in [4.69, 9.17) is 11.6 Å². The average molecular weight is 427 g/mol. The third-order valence-corrected chi connectivity index (χ3v) is 5.38. The minimum atomic E-state index is -0.436. The lowest BCUT2D eigenvalue weighted by Crippen LogP contribution is -2.04. The van der Waals surface area contributed by atoms with Crippen molar-refractivity contribution in [2.45, 2.75) is 24.0 Å². The summed E-state index contributed by atoms with van der Waals surface area (Å²) >= 11 is 7.69. The summed E-state index contributed by atoms with van der Waals surface area (Å²) in [5.74, 6) is -0.0953. The molecule has 0 heterocycles. The van der Waals surface area contributed by atoms with Crippen molar-refractivity contribution in [1.82, 2.24) is 0 Å². The number of nitrogens with zero attached hydrogens (tertiary/aromatic N) is 1. The predicted octanol–water partition coefficient (Wildman–Crippen LogP) is 6.72. The highest BCUT2D eigenvalue weighted by atomic mass is 35.5. The van der Waals surface area contributed by atoms with Crippen LogP contribution in [0.15, 0.2) is 71.6 Å². The van der Waals surface area contributed by atoms with Crippen LogP contribution >= 0.6 is 23.4 Å². The lowest BCUT2D eigenvalue weighted by atomic mass is 10.0. The fourth-order valence-electron chi connectivity index (χ4n) is 2.79. The Morgan fingerprint density at radius 3 is 2.41 bits per heavy atom. The number of nitrogens with one attached hydrogen (secondary N) is 1. The van der Waals surface area contributed by atoms with Crippen LogP contribution in [-0.2, 0) is 0 Å². The third kappa shape index (κ3) is 5.16. The van der Waals surface area contributed by atoms with Gasteiger partial charge in [0.2, 0.25) is 0 Å². The molecule has 148 valence electrons. The normalized spacial score (nSPS) is 10.8. The summed E-state index contributed by atoms with van der Waals surface area (Å²) in [5, 5.41) is 15.1. The van der Waals surface area contributed by atoms with Crippen LogP contribution < -0.4 is 5.32 Å². The minimum Gasteiger partial charge on any atom is -0.350 e. The zero-order valence-corrected chi connectivity index (χ0v) is 17.5. The Hall–Kier alpha value is -2.83. The Labute approximate surface area is 178 Å². The van der Waals surface area contributed by atoms with Gasteiger partial charge >= 0.3 is 0 Å². The number of carbonyl (C=O) groups excluding carboxylic acids is 1. The lowest BCUT2D eigenvalue weighted by molar-refractivity contribution is -0.383. The first-order valence-electron chi connectivity index (χ1n) is 8.96. The minimum absolute atomic E-state index is 0.0100. The van der Waals surface area contributed by atoms with E-state index in [1.807, 2.05) is 6.07 Å². The number of nitro benzene ring substituents is 1. The molecule has 0 aromatic heterocycles. The molecule has 0 unspecified atom stereocenters. The molecule has 0 aliphatic heterocycles. The summed E-state index contributed by atoms with van der Waals surface area (Å²) in [7, 11) is 0. The number of benzene rings is 3. The Bertz CT molecular complexity index is 1050. The molecule has 0 saturated carbocycles. The number of halogens is 1. The SMILES string of the molecule is CC(C)Sc1cc(Cl)ccc1C(=O)c1ccc(Nc2ccccc2[N+](=O)[O-])cc1. The molecule has 5 nitrogen and oxygen atoms in total. The van der Waals surface area contributed by atoms with Gasteiger partial charge in [0, 0.05) is 38.0 Å². The molecule has 0 aliphatic rings. The van der Waals surface area contributed by atoms with Gasteiger partial charge in [0.25, 0.3) is 5.69 Å². The number of carbonyl (C=O) groups is 1. The Kier molecular flexibility index (Phi) is 6.56. The quantitative estimate of drug-likeness (QED) is 0.196. The van der Waals surface area contributed by atoms with Crippen LogP contribution in [0.3, 0.4) is 0 Å². The van der Waals surface area contributed by atoms with E-state index >= 15 is 0 Å². The topological polar surface area (TPSA) is 72.2 Å². The molecule has 29 heavy (non-hydrogen) atoms. The smallest absolute Gasteiger partial charge is 0.292 e. The molecule has 0 fully saturated rings. The standard InChI is InChI=1S/C22H19ClN2O3S/c1-14(2)29-21-13-16(23)9-12-18(21)22(26)15-7-10-17(11-8-15)24-19-5-3-4-6-20(19)25(27)28/h3-14,24H,1-2H3. The second-order valence-electron chi connectivity index (χ2n) is 6.61. The average Bonchev–Trinajstić information content (AvgIpc) is 2.68. The van der Waals surface area contributed by atoms with Gasteiger partial charge in [-0.15, -0.1) is 11.8 Å². The lowest BCUT2D eigenvalue weighted by Gasteiger charge is -2.12. The van der Waals surface area contributed by atoms with Crippen LogP contribution in [0.4, 0.5) is 17.1 Å². The Morgan fingerprint density at radius 1 is 1.07 bits per heavy atom. The van der Waals surface area contributed by atoms with E-state index in [-0.39, 0.29) is 11.5 Å². The fourth-order valence-corrected chi connectivity index (χ4v) is 4.02. The van der Waals surface area contributed by atoms with Crippen molar-refractivity contribution in [1.29, 1.82) is 0 Å². The highest BCUT2D eigenvalue weighted by molar-refractivity contribution is 8.00. The second kappa shape index (κ2) is 9.11. The van der Waals surface area contributed by atoms with Crippen molar-refractivity contribution >= 4 is 46.2 Å². The molecule has 3 aromatic rings. The number of anilines is 2. The number of nitro groups is 1. The maximum Gasteiger partial charge on any atom is 0.292 e. The summed E-state index contributed by atoms with van der Waals surface area (Å²) in [6, 6.07) is 18.6. The molecule has 0 amide bonds. The molecule has 3 rings (SSSR count). The molecule has 0 saturated heterocycles. The molecule has 0 spiro atoms. The molecule has 0 aliphatic carbocycles. The fraction of sp³-hybridized carbons (Fsp3) is 0.136. The molecular weight excluding hydrogens is 408 g/mol. The largest absolute Gasteiger partial charge is 0.350 e. The van der Waals surface area contributed by atoms with Gasteiger partial charge < -0.3 is 5.32 Å². The number of thioether (sulfide) groups is 1. The van der Waals surface area contributed by atoms with Crippen LogP contribution in [0.5, 0.6) is 0 Å². The summed E-state index contributed by atoms with van der Waals surface area (Å²) in [6.07, 6.45) is 0. The van der Waals surface area contributed by atoms with Gasteiger partial charge in [-0.05, 0) is 48.5 Å². The van der Waals surface area contributed by atoms with Crippen LogP contribution in [0.25, 0.3) is 0 Å². The van der Waals surface area contributed by atoms with Crippen molar-refractivity contribution in [2.75, 3.05) is 5.32 Å². The maximum atomic E-state index is 13.0. The van der Waals surface area contributed by atoms with Gasteiger partial charge in [-0.1, -0.05) is 37.6 Å². The van der Waals surface area contributed by atoms with E-state index in [1.165, 1.54) is 6.07 Å². The van der Waals surface area contributed by atoms with E-state index in [0.717, 1.165) is 4.90 Å². The number of hydrogen-bond donors (Lipinski definition) is 1. The van der Waals surface area contributed by atoms with E-state index in [1.54, 1.807) is 66.4 Å². The number of para-hydroxylation sites is 2. The Balaban J connectivity index is 1.84. The summed E-state index contributed by atoms with van der Waals surface area (Å²) in [6.45, 7) is 4.12. The van der Waals surface area contributed by atoms with Crippen molar-refractivity contribution in [3.8, 4) is 0 Å². The molecular formula is C22H19ClN2O3S. The summed E-state index contributed by atoms with van der Waals surface area (Å²) in [4.78, 5) is 24.6. The van der Waals surface area contributed by atoms with Crippen LogP contribution in [0.1, 0.15) is 29.8 Å². The monoisotopic (exact) mass is 426 g/mol. The third-order valence-electron chi connectivity index (χ3n) is 4.08. The first-order chi connectivity index (χ1) is 13.8. The van der Waals surface area contributed by atoms with Crippen LogP contribution in [0.2, 0.25) is 5.02 Å². The van der Waals surface area contributed by atoms with Gasteiger partial charge in [0.1, 0.15) is 5.69 Å². The Morgan fingerprint density at radius 2 is 1.76 bits per heavy atom. The number of hydrogen-bond acceptors (Lipinski definition) is 5. The first-order valence-corrected chi connectivity index (χ1v) is 10.2. The van der Waals surface area contributed by atoms with Gasteiger partial charge in [-0.3, -0.25) is 14.9 Å². The van der Waals surface area contributed by atoms with Crippen molar-refractivity contribution in [3.63, 3.8) is 0 Å². The highest BCUT2D eigenvalue weighted by Crippen LogP contribution is 2.31. The van der Waals surface area contributed by atoms with Gasteiger partial charge in [0.15, 0.2) is 5.78 Å². The maximum absolute atomic E-state index is 13.0. The molecule has 7 heteroatoms. The summed E-state index contributed by atoms with van der Waals surface area (Å²) < 4.78 is 0. The number of rotatable bonds is 7. The van der Waals surface area contributed by atoms with E-state index in [2.05, 4.69) is 19.2 Å². The van der Waals surface area contributed by atoms with Crippen LogP contribution in [-0.4, -0.2) is 16.0 Å². The predicted molar refractivity (Wildman–Crippen MR) is 119 cm³/mol. The van der Waals surface area contributed by atoms with Gasteiger partial charge in [0.05, 0.1) is 4.92 Å². The highest BCUT2D eigenvalue weighted by Gasteiger charge is 2.16. The molecule has 1 N–H and O–H groups in total. The molecule has 0 bridgehead atoms. The van der Waals surface area contributed by atoms with Gasteiger partial charge in [-0.2, -0.15) is 0 Å². The zero-order valence-electron chi connectivity index (χ0n) is 15.9. The number of ketones is 1. The zero-order chi connectivity index (χ0) is 21.0. The van der Waals surface area contributed by atoms with Crippen molar-refractivity contribution in [3.05, 3.63) is 93.0 Å². The van der Waals surface area contributed by atoms with E-state index in [9.17, 15) is 14.9 Å². The van der Waals surface area contributed by atoms with Crippen molar-refractivity contribution in [2.24, 2.45) is 0 Å². The molecule has 3 aromatic carbocycles. The summed E-state index contributed by atoms with van der Waals surface area (Å²) in [5.41, 5.74) is 2.18. The van der Waals surface area contributed by atoms with Gasteiger partial charge in [-0.25, -0.2) is 0 Å². The molecule has 0 radical (unpaired) electrons. The molecule has 0 atom stereocenters. The van der Waals surface area contributed by atoms with E-state index < -0.39 is 4.92 Å². The van der Waals surface area contributed by atoms with E-state index in [0.29, 0.717) is 32.8 Å². The second-order valence-corrected chi connectivity index (χ2v) is 8.67. The van der Waals surface area contributed by atoms with Crippen molar-refractivity contribution < 1.29 is 9.72 Å². The van der Waals surface area contributed by atoms with Crippen LogP contribution in [0, 0.1) is 10.1 Å².